The van der Waals surface area contributed by atoms with Gasteiger partial charge in [0.05, 0.1) is 19.4 Å². The van der Waals surface area contributed by atoms with Gasteiger partial charge in [-0.1, -0.05) is 30.3 Å². The highest BCUT2D eigenvalue weighted by Crippen LogP contribution is 2.52. The van der Waals surface area contributed by atoms with Crippen LogP contribution in [0.5, 0.6) is 5.75 Å². The van der Waals surface area contributed by atoms with Gasteiger partial charge in [-0.05, 0) is 75.5 Å². The van der Waals surface area contributed by atoms with Crippen molar-refractivity contribution in [3.8, 4) is 5.75 Å². The fourth-order valence-electron chi connectivity index (χ4n) is 5.63. The molecule has 1 aromatic heterocycles. The molecule has 0 amide bonds. The number of hydrogen-bond acceptors (Lipinski definition) is 3. The number of nitrogens with one attached hydrogen (secondary N) is 1. The molecule has 5 heteroatoms. The third-order valence-electron chi connectivity index (χ3n) is 7.35. The third kappa shape index (κ3) is 3.13. The van der Waals surface area contributed by atoms with Crippen LogP contribution < -0.4 is 4.74 Å². The first kappa shape index (κ1) is 21.2. The maximum absolute atomic E-state index is 6.55. The van der Waals surface area contributed by atoms with Crippen molar-refractivity contribution in [2.75, 3.05) is 27.8 Å². The fraction of sp³-hybridized carbons (Fsp3) is 0.440. The number of nitrogens with zero attached hydrogens (tertiary/aromatic N) is 1. The Kier molecular flexibility index (Phi) is 5.60. The molecule has 2 aliphatic rings. The molecule has 1 fully saturated rings. The molecular weight excluding hydrogens is 396 g/mol. The minimum absolute atomic E-state index is 0. The van der Waals surface area contributed by atoms with Crippen LogP contribution in [0.1, 0.15) is 42.5 Å². The molecule has 2 heterocycles. The van der Waals surface area contributed by atoms with E-state index in [1.165, 1.54) is 27.7 Å². The zero-order valence-electron chi connectivity index (χ0n) is 18.0. The van der Waals surface area contributed by atoms with Crippen LogP contribution in [-0.4, -0.2) is 37.7 Å². The lowest BCUT2D eigenvalue weighted by Gasteiger charge is -2.50. The van der Waals surface area contributed by atoms with Crippen molar-refractivity contribution in [3.63, 3.8) is 0 Å². The highest BCUT2D eigenvalue weighted by atomic mass is 35.5. The van der Waals surface area contributed by atoms with Gasteiger partial charge in [0, 0.05) is 16.4 Å². The summed E-state index contributed by atoms with van der Waals surface area (Å²) >= 11 is 0. The SMILES string of the molecule is COc1ccc2[nH]c3c(c2c1)CCOC31CCC(c2ccccc2)(N(C)C)CC1.Cl. The van der Waals surface area contributed by atoms with E-state index in [0.29, 0.717) is 0 Å². The summed E-state index contributed by atoms with van der Waals surface area (Å²) in [5.41, 5.74) is 5.19. The van der Waals surface area contributed by atoms with E-state index in [1.807, 2.05) is 6.07 Å². The predicted molar refractivity (Wildman–Crippen MR) is 124 cm³/mol. The molecule has 30 heavy (non-hydrogen) atoms. The molecule has 1 saturated carbocycles. The first-order valence-electron chi connectivity index (χ1n) is 10.6. The number of rotatable bonds is 3. The van der Waals surface area contributed by atoms with Crippen LogP contribution >= 0.6 is 12.4 Å². The van der Waals surface area contributed by atoms with Crippen molar-refractivity contribution in [2.24, 2.45) is 0 Å². The van der Waals surface area contributed by atoms with E-state index in [4.69, 9.17) is 9.47 Å². The molecule has 0 saturated heterocycles. The topological polar surface area (TPSA) is 37.5 Å². The van der Waals surface area contributed by atoms with Crippen LogP contribution in [-0.2, 0) is 22.3 Å². The van der Waals surface area contributed by atoms with Gasteiger partial charge in [-0.25, -0.2) is 0 Å². The van der Waals surface area contributed by atoms with Gasteiger partial charge >= 0.3 is 0 Å². The number of hydrogen-bond donors (Lipinski definition) is 1. The summed E-state index contributed by atoms with van der Waals surface area (Å²) in [6.45, 7) is 0.789. The minimum Gasteiger partial charge on any atom is -0.497 e. The molecule has 160 valence electrons. The second-order valence-electron chi connectivity index (χ2n) is 8.77. The van der Waals surface area contributed by atoms with Crippen LogP contribution in [0.2, 0.25) is 0 Å². The lowest BCUT2D eigenvalue weighted by Crippen LogP contribution is -2.50. The Balaban J connectivity index is 0.00000218. The van der Waals surface area contributed by atoms with E-state index in [1.54, 1.807) is 7.11 Å². The molecule has 0 bridgehead atoms. The number of aromatic amines is 1. The Labute approximate surface area is 185 Å². The van der Waals surface area contributed by atoms with Gasteiger partial charge in [-0.3, -0.25) is 4.90 Å². The van der Waals surface area contributed by atoms with Gasteiger partial charge in [0.15, 0.2) is 0 Å². The monoisotopic (exact) mass is 426 g/mol. The summed E-state index contributed by atoms with van der Waals surface area (Å²) in [5, 5.41) is 1.29. The van der Waals surface area contributed by atoms with E-state index in [0.717, 1.165) is 44.5 Å². The van der Waals surface area contributed by atoms with Crippen LogP contribution in [0.25, 0.3) is 10.9 Å². The first-order valence-corrected chi connectivity index (χ1v) is 10.6. The maximum Gasteiger partial charge on any atom is 0.119 e. The van der Waals surface area contributed by atoms with E-state index in [2.05, 4.69) is 66.4 Å². The molecule has 0 atom stereocenters. The number of fused-ring (bicyclic) bond motifs is 4. The van der Waals surface area contributed by atoms with Crippen LogP contribution in [0.15, 0.2) is 48.5 Å². The number of benzene rings is 2. The summed E-state index contributed by atoms with van der Waals surface area (Å²) in [7, 11) is 6.16. The lowest BCUT2D eigenvalue weighted by atomic mass is 9.68. The Morgan fingerprint density at radius 1 is 1.00 bits per heavy atom. The van der Waals surface area contributed by atoms with Gasteiger partial charge in [-0.2, -0.15) is 0 Å². The molecule has 1 N–H and O–H groups in total. The fourth-order valence-corrected chi connectivity index (χ4v) is 5.63. The van der Waals surface area contributed by atoms with E-state index >= 15 is 0 Å². The van der Waals surface area contributed by atoms with Crippen LogP contribution in [0.4, 0.5) is 0 Å². The Morgan fingerprint density at radius 2 is 1.73 bits per heavy atom. The number of aromatic nitrogens is 1. The largest absolute Gasteiger partial charge is 0.497 e. The molecule has 0 unspecified atom stereocenters. The molecule has 3 aromatic rings. The number of H-pyrrole nitrogens is 1. The molecular formula is C25H31ClN2O2. The van der Waals surface area contributed by atoms with E-state index < -0.39 is 0 Å². The normalized spacial score (nSPS) is 25.9. The van der Waals surface area contributed by atoms with Crippen molar-refractivity contribution < 1.29 is 9.47 Å². The average Bonchev–Trinajstić information content (AvgIpc) is 3.14. The zero-order chi connectivity index (χ0) is 20.1. The minimum atomic E-state index is -0.200. The Hall–Kier alpha value is -2.01. The molecule has 4 nitrogen and oxygen atoms in total. The number of ether oxygens (including phenoxy) is 2. The molecule has 1 aliphatic heterocycles. The van der Waals surface area contributed by atoms with Crippen molar-refractivity contribution >= 4 is 23.3 Å². The third-order valence-corrected chi connectivity index (χ3v) is 7.35. The summed E-state index contributed by atoms with van der Waals surface area (Å²) in [5.74, 6) is 0.916. The van der Waals surface area contributed by atoms with E-state index in [9.17, 15) is 0 Å². The Morgan fingerprint density at radius 3 is 2.40 bits per heavy atom. The van der Waals surface area contributed by atoms with Crippen LogP contribution in [0.3, 0.4) is 0 Å². The van der Waals surface area contributed by atoms with Gasteiger partial charge < -0.3 is 14.5 Å². The number of halogens is 1. The molecule has 2 aromatic carbocycles. The number of methoxy groups -OCH3 is 1. The van der Waals surface area contributed by atoms with Gasteiger partial charge in [0.2, 0.25) is 0 Å². The van der Waals surface area contributed by atoms with Crippen molar-refractivity contribution in [1.29, 1.82) is 0 Å². The highest BCUT2D eigenvalue weighted by Gasteiger charge is 2.49. The highest BCUT2D eigenvalue weighted by molar-refractivity contribution is 5.86. The molecule has 1 aliphatic carbocycles. The van der Waals surface area contributed by atoms with Crippen molar-refractivity contribution in [1.82, 2.24) is 9.88 Å². The maximum atomic E-state index is 6.55. The lowest BCUT2D eigenvalue weighted by molar-refractivity contribution is -0.113. The predicted octanol–water partition coefficient (Wildman–Crippen LogP) is 5.40. The second kappa shape index (κ2) is 7.92. The van der Waals surface area contributed by atoms with Crippen molar-refractivity contribution in [3.05, 3.63) is 65.4 Å². The molecule has 5 rings (SSSR count). The van der Waals surface area contributed by atoms with Gasteiger partial charge in [0.25, 0.3) is 0 Å². The first-order chi connectivity index (χ1) is 14.1. The smallest absolute Gasteiger partial charge is 0.119 e. The van der Waals surface area contributed by atoms with Gasteiger partial charge in [-0.15, -0.1) is 12.4 Å². The second-order valence-corrected chi connectivity index (χ2v) is 8.77. The summed E-state index contributed by atoms with van der Waals surface area (Å²) in [6.07, 6.45) is 5.18. The van der Waals surface area contributed by atoms with Crippen LogP contribution in [0, 0.1) is 0 Å². The average molecular weight is 427 g/mol. The Bertz CT molecular complexity index is 1020. The molecule has 0 radical (unpaired) electrons. The summed E-state index contributed by atoms with van der Waals surface area (Å²) < 4.78 is 12.0. The standard InChI is InChI=1S/C25H30N2O2.ClH/c1-27(2)24(18-7-5-4-6-8-18)12-14-25(15-13-24)23-20(11-16-29-25)21-17-19(28-3)9-10-22(21)26-23;/h4-10,17,26H,11-16H2,1-3H3;1H. The van der Waals surface area contributed by atoms with Gasteiger partial charge in [0.1, 0.15) is 11.4 Å². The van der Waals surface area contributed by atoms with Crippen molar-refractivity contribution in [2.45, 2.75) is 43.2 Å². The quantitative estimate of drug-likeness (QED) is 0.609. The van der Waals surface area contributed by atoms with E-state index in [-0.39, 0.29) is 23.5 Å². The molecule has 1 spiro atoms. The summed E-state index contributed by atoms with van der Waals surface area (Å²) in [6, 6.07) is 17.3. The zero-order valence-corrected chi connectivity index (χ0v) is 18.8. The summed E-state index contributed by atoms with van der Waals surface area (Å²) in [4.78, 5) is 6.14.